The quantitative estimate of drug-likeness (QED) is 0.393. The fourth-order valence-electron chi connectivity index (χ4n) is 4.78. The number of fused-ring (bicyclic) bond motifs is 1. The third-order valence-electron chi connectivity index (χ3n) is 6.30. The average molecular weight is 407 g/mol. The summed E-state index contributed by atoms with van der Waals surface area (Å²) in [5.41, 5.74) is 6.50. The first-order chi connectivity index (χ1) is 15.3. The van der Waals surface area contributed by atoms with E-state index in [1.54, 1.807) is 12.1 Å². The van der Waals surface area contributed by atoms with E-state index in [2.05, 4.69) is 72.8 Å². The van der Waals surface area contributed by atoms with Crippen molar-refractivity contribution in [1.29, 1.82) is 0 Å². The molecule has 31 heavy (non-hydrogen) atoms. The maximum absolute atomic E-state index is 9.81. The van der Waals surface area contributed by atoms with Crippen LogP contribution in [0, 0.1) is 0 Å². The van der Waals surface area contributed by atoms with Crippen molar-refractivity contribution in [3.8, 4) is 11.5 Å². The molecule has 2 heteroatoms. The largest absolute Gasteiger partial charge is 0.508 e. The van der Waals surface area contributed by atoms with Crippen LogP contribution in [0.1, 0.15) is 46.1 Å². The lowest BCUT2D eigenvalue weighted by atomic mass is 9.69. The summed E-state index contributed by atoms with van der Waals surface area (Å²) in [6.45, 7) is 0.577. The van der Waals surface area contributed by atoms with Crippen LogP contribution < -0.4 is 4.74 Å². The molecule has 0 heterocycles. The highest BCUT2D eigenvalue weighted by Gasteiger charge is 2.32. The Bertz CT molecular complexity index is 1130. The van der Waals surface area contributed by atoms with Crippen molar-refractivity contribution in [1.82, 2.24) is 0 Å². The van der Waals surface area contributed by atoms with Crippen LogP contribution in [0.5, 0.6) is 11.5 Å². The molecule has 0 aromatic heterocycles. The SMILES string of the molecule is Oc1ccc([C@@H]2c3ccc(OCc4ccccc4)cc3CCC2c2ccccc2)cc1. The van der Waals surface area contributed by atoms with Crippen LogP contribution >= 0.6 is 0 Å². The molecule has 1 unspecified atom stereocenters. The van der Waals surface area contributed by atoms with Crippen LogP contribution in [-0.4, -0.2) is 5.11 Å². The molecule has 0 aliphatic heterocycles. The lowest BCUT2D eigenvalue weighted by Crippen LogP contribution is -2.20. The molecule has 1 aliphatic carbocycles. The van der Waals surface area contributed by atoms with Crippen molar-refractivity contribution in [2.45, 2.75) is 31.3 Å². The van der Waals surface area contributed by atoms with Gasteiger partial charge in [0.1, 0.15) is 18.1 Å². The van der Waals surface area contributed by atoms with Gasteiger partial charge >= 0.3 is 0 Å². The molecule has 2 atom stereocenters. The molecule has 0 fully saturated rings. The molecule has 1 aliphatic rings. The summed E-state index contributed by atoms with van der Waals surface area (Å²) < 4.78 is 6.09. The summed E-state index contributed by atoms with van der Waals surface area (Å²) in [7, 11) is 0. The van der Waals surface area contributed by atoms with Crippen molar-refractivity contribution in [2.24, 2.45) is 0 Å². The van der Waals surface area contributed by atoms with E-state index in [1.165, 1.54) is 27.8 Å². The van der Waals surface area contributed by atoms with E-state index in [4.69, 9.17) is 4.74 Å². The molecule has 0 amide bonds. The summed E-state index contributed by atoms with van der Waals surface area (Å²) >= 11 is 0. The van der Waals surface area contributed by atoms with Crippen molar-refractivity contribution in [3.63, 3.8) is 0 Å². The number of ether oxygens (including phenoxy) is 1. The third kappa shape index (κ3) is 4.20. The molecular weight excluding hydrogens is 380 g/mol. The number of aromatic hydroxyl groups is 1. The smallest absolute Gasteiger partial charge is 0.120 e. The maximum Gasteiger partial charge on any atom is 0.120 e. The summed E-state index contributed by atoms with van der Waals surface area (Å²) in [5.74, 6) is 1.90. The van der Waals surface area contributed by atoms with Gasteiger partial charge < -0.3 is 9.84 Å². The van der Waals surface area contributed by atoms with Gasteiger partial charge in [0.15, 0.2) is 0 Å². The highest BCUT2D eigenvalue weighted by Crippen LogP contribution is 2.47. The van der Waals surface area contributed by atoms with E-state index in [1.807, 2.05) is 18.2 Å². The van der Waals surface area contributed by atoms with Gasteiger partial charge in [-0.05, 0) is 70.8 Å². The normalized spacial score (nSPS) is 17.7. The predicted octanol–water partition coefficient (Wildman–Crippen LogP) is 6.83. The minimum Gasteiger partial charge on any atom is -0.508 e. The van der Waals surface area contributed by atoms with Crippen LogP contribution in [0.25, 0.3) is 0 Å². The molecule has 5 rings (SSSR count). The summed E-state index contributed by atoms with van der Waals surface area (Å²) in [5, 5.41) is 9.81. The number of phenols is 1. The lowest BCUT2D eigenvalue weighted by molar-refractivity contribution is 0.305. The van der Waals surface area contributed by atoms with Gasteiger partial charge in [0, 0.05) is 5.92 Å². The standard InChI is InChI=1S/C29H26O2/c30-25-14-11-23(12-15-25)29-27(22-9-5-2-6-10-22)17-13-24-19-26(16-18-28(24)29)31-20-21-7-3-1-4-8-21/h1-12,14-16,18-19,27,29-30H,13,17,20H2/t27?,29-/m0/s1. The fourth-order valence-corrected chi connectivity index (χ4v) is 4.78. The molecule has 0 radical (unpaired) electrons. The molecule has 4 aromatic rings. The number of aryl methyl sites for hydroxylation is 1. The number of hydrogen-bond donors (Lipinski definition) is 1. The second-order valence-corrected chi connectivity index (χ2v) is 8.26. The Kier molecular flexibility index (Phi) is 5.45. The molecule has 0 bridgehead atoms. The average Bonchev–Trinajstić information content (AvgIpc) is 2.84. The van der Waals surface area contributed by atoms with Crippen LogP contribution in [0.15, 0.2) is 103 Å². The molecule has 2 nitrogen and oxygen atoms in total. The van der Waals surface area contributed by atoms with Crippen LogP contribution in [0.2, 0.25) is 0 Å². The second kappa shape index (κ2) is 8.69. The van der Waals surface area contributed by atoms with Crippen molar-refractivity contribution >= 4 is 0 Å². The summed E-state index contributed by atoms with van der Waals surface area (Å²) in [4.78, 5) is 0. The van der Waals surface area contributed by atoms with Gasteiger partial charge in [-0.3, -0.25) is 0 Å². The zero-order valence-electron chi connectivity index (χ0n) is 17.4. The Balaban J connectivity index is 1.48. The van der Waals surface area contributed by atoms with Crippen molar-refractivity contribution < 1.29 is 9.84 Å². The summed E-state index contributed by atoms with van der Waals surface area (Å²) in [6.07, 6.45) is 2.12. The predicted molar refractivity (Wildman–Crippen MR) is 125 cm³/mol. The maximum atomic E-state index is 9.81. The molecule has 0 saturated heterocycles. The van der Waals surface area contributed by atoms with Crippen LogP contribution in [-0.2, 0) is 13.0 Å². The molecule has 0 spiro atoms. The minimum absolute atomic E-state index is 0.259. The van der Waals surface area contributed by atoms with E-state index in [-0.39, 0.29) is 5.92 Å². The van der Waals surface area contributed by atoms with Gasteiger partial charge in [-0.1, -0.05) is 78.9 Å². The Morgan fingerprint density at radius 3 is 2.19 bits per heavy atom. The van der Waals surface area contributed by atoms with E-state index < -0.39 is 0 Å². The zero-order chi connectivity index (χ0) is 21.0. The highest BCUT2D eigenvalue weighted by molar-refractivity contribution is 5.48. The van der Waals surface area contributed by atoms with Gasteiger partial charge in [-0.2, -0.15) is 0 Å². The Morgan fingerprint density at radius 2 is 1.45 bits per heavy atom. The van der Waals surface area contributed by atoms with Crippen LogP contribution in [0.3, 0.4) is 0 Å². The van der Waals surface area contributed by atoms with Gasteiger partial charge in [-0.25, -0.2) is 0 Å². The first kappa shape index (κ1) is 19.4. The van der Waals surface area contributed by atoms with Gasteiger partial charge in [0.05, 0.1) is 0 Å². The number of benzene rings is 4. The van der Waals surface area contributed by atoms with E-state index in [9.17, 15) is 5.11 Å². The van der Waals surface area contributed by atoms with Crippen LogP contribution in [0.4, 0.5) is 0 Å². The Morgan fingerprint density at radius 1 is 0.742 bits per heavy atom. The van der Waals surface area contributed by atoms with E-state index in [0.717, 1.165) is 18.6 Å². The van der Waals surface area contributed by atoms with E-state index in [0.29, 0.717) is 18.3 Å². The molecule has 0 saturated carbocycles. The van der Waals surface area contributed by atoms with Gasteiger partial charge in [0.25, 0.3) is 0 Å². The highest BCUT2D eigenvalue weighted by atomic mass is 16.5. The third-order valence-corrected chi connectivity index (χ3v) is 6.30. The molecule has 4 aromatic carbocycles. The lowest BCUT2D eigenvalue weighted by Gasteiger charge is -2.35. The molecule has 154 valence electrons. The monoisotopic (exact) mass is 406 g/mol. The molecular formula is C29H26O2. The first-order valence-corrected chi connectivity index (χ1v) is 10.9. The Labute approximate surface area is 183 Å². The number of rotatable bonds is 5. The fraction of sp³-hybridized carbons (Fsp3) is 0.172. The Hall–Kier alpha value is -3.52. The summed E-state index contributed by atoms with van der Waals surface area (Å²) in [6, 6.07) is 35.3. The van der Waals surface area contributed by atoms with Gasteiger partial charge in [-0.15, -0.1) is 0 Å². The number of phenolic OH excluding ortho intramolecular Hbond substituents is 1. The zero-order valence-corrected chi connectivity index (χ0v) is 17.4. The first-order valence-electron chi connectivity index (χ1n) is 10.9. The number of hydrogen-bond acceptors (Lipinski definition) is 2. The second-order valence-electron chi connectivity index (χ2n) is 8.26. The van der Waals surface area contributed by atoms with Gasteiger partial charge in [0.2, 0.25) is 0 Å². The van der Waals surface area contributed by atoms with E-state index >= 15 is 0 Å². The van der Waals surface area contributed by atoms with Crippen molar-refractivity contribution in [2.75, 3.05) is 0 Å². The van der Waals surface area contributed by atoms with Crippen molar-refractivity contribution in [3.05, 3.63) is 131 Å². The molecule has 1 N–H and O–H groups in total. The minimum atomic E-state index is 0.259. The topological polar surface area (TPSA) is 29.5 Å².